The third-order valence-electron chi connectivity index (χ3n) is 2.65. The summed E-state index contributed by atoms with van der Waals surface area (Å²) >= 11 is 0. The molecule has 1 aromatic rings. The molecule has 0 saturated heterocycles. The van der Waals surface area contributed by atoms with Gasteiger partial charge in [-0.05, 0) is 31.9 Å². The lowest BCUT2D eigenvalue weighted by atomic mass is 10.1. The van der Waals surface area contributed by atoms with Crippen molar-refractivity contribution in [1.29, 1.82) is 0 Å². The van der Waals surface area contributed by atoms with Crippen molar-refractivity contribution in [2.45, 2.75) is 26.3 Å². The molecule has 0 aliphatic rings. The van der Waals surface area contributed by atoms with Gasteiger partial charge in [0.05, 0.1) is 0 Å². The molecule has 3 heteroatoms. The number of aliphatic hydroxyl groups is 1. The maximum atomic E-state index is 8.78. The molecule has 0 radical (unpaired) electrons. The Labute approximate surface area is 79.2 Å². The normalized spacial score (nSPS) is 13.3. The van der Waals surface area contributed by atoms with Gasteiger partial charge >= 0.3 is 0 Å². The molecule has 0 spiro atoms. The first-order valence-corrected chi connectivity index (χ1v) is 4.57. The first-order valence-electron chi connectivity index (χ1n) is 4.57. The van der Waals surface area contributed by atoms with Gasteiger partial charge in [-0.2, -0.15) is 0 Å². The molecule has 3 nitrogen and oxygen atoms in total. The molecule has 3 N–H and O–H groups in total. The predicted octanol–water partition coefficient (Wildman–Crippen LogP) is 1.02. The average molecular weight is 182 g/mol. The zero-order chi connectivity index (χ0) is 10.0. The Bertz CT molecular complexity index is 291. The maximum Gasteiger partial charge on any atom is 0.0449 e. The lowest BCUT2D eigenvalue weighted by Gasteiger charge is -2.09. The summed E-state index contributed by atoms with van der Waals surface area (Å²) in [5, 5.41) is 8.78. The summed E-state index contributed by atoms with van der Waals surface area (Å²) in [5.74, 6) is 0. The summed E-state index contributed by atoms with van der Waals surface area (Å²) in [6.07, 6.45) is 0.629. The molecule has 0 aromatic carbocycles. The van der Waals surface area contributed by atoms with Gasteiger partial charge in [-0.1, -0.05) is 0 Å². The smallest absolute Gasteiger partial charge is 0.0449 e. The van der Waals surface area contributed by atoms with Gasteiger partial charge in [0.25, 0.3) is 0 Å². The summed E-state index contributed by atoms with van der Waals surface area (Å²) in [5.41, 5.74) is 9.46. The summed E-state index contributed by atoms with van der Waals surface area (Å²) < 4.78 is 2.12. The maximum absolute atomic E-state index is 8.78. The second-order valence-corrected chi connectivity index (χ2v) is 3.50. The molecule has 1 rings (SSSR count). The van der Waals surface area contributed by atoms with Crippen LogP contribution >= 0.6 is 0 Å². The van der Waals surface area contributed by atoms with Gasteiger partial charge in [-0.25, -0.2) is 0 Å². The van der Waals surface area contributed by atoms with Crippen LogP contribution in [0.2, 0.25) is 0 Å². The van der Waals surface area contributed by atoms with Crippen LogP contribution in [-0.4, -0.2) is 16.3 Å². The second-order valence-electron chi connectivity index (χ2n) is 3.50. The van der Waals surface area contributed by atoms with E-state index in [-0.39, 0.29) is 12.6 Å². The number of nitrogens with two attached hydrogens (primary N) is 1. The summed E-state index contributed by atoms with van der Waals surface area (Å²) in [6.45, 7) is 4.26. The minimum atomic E-state index is -0.0371. The number of hydrogen-bond acceptors (Lipinski definition) is 2. The van der Waals surface area contributed by atoms with Crippen molar-refractivity contribution < 1.29 is 5.11 Å². The van der Waals surface area contributed by atoms with E-state index in [4.69, 9.17) is 10.8 Å². The van der Waals surface area contributed by atoms with Crippen LogP contribution in [0.15, 0.2) is 6.07 Å². The van der Waals surface area contributed by atoms with E-state index in [9.17, 15) is 0 Å². The minimum Gasteiger partial charge on any atom is -0.396 e. The summed E-state index contributed by atoms with van der Waals surface area (Å²) in [7, 11) is 2.03. The third-order valence-corrected chi connectivity index (χ3v) is 2.65. The molecule has 0 bridgehead atoms. The zero-order valence-corrected chi connectivity index (χ0v) is 8.54. The van der Waals surface area contributed by atoms with E-state index in [1.54, 1.807) is 0 Å². The highest BCUT2D eigenvalue weighted by Crippen LogP contribution is 2.21. The Kier molecular flexibility index (Phi) is 3.12. The minimum absolute atomic E-state index is 0.0371. The van der Waals surface area contributed by atoms with Gasteiger partial charge in [0.1, 0.15) is 0 Å². The van der Waals surface area contributed by atoms with E-state index in [2.05, 4.69) is 24.5 Å². The molecule has 0 aliphatic heterocycles. The standard InChI is InChI=1S/C10H18N2O/c1-7-6-9(8(2)12(7)3)10(11)4-5-13/h6,10,13H,4-5,11H2,1-3H3. The molecule has 0 fully saturated rings. The highest BCUT2D eigenvalue weighted by molar-refractivity contribution is 5.29. The van der Waals surface area contributed by atoms with E-state index in [0.29, 0.717) is 6.42 Å². The Balaban J connectivity index is 2.94. The van der Waals surface area contributed by atoms with Crippen molar-refractivity contribution in [2.24, 2.45) is 12.8 Å². The molecule has 1 aromatic heterocycles. The lowest BCUT2D eigenvalue weighted by Crippen LogP contribution is -2.12. The van der Waals surface area contributed by atoms with Crippen LogP contribution in [0.1, 0.15) is 29.4 Å². The van der Waals surface area contributed by atoms with Crippen molar-refractivity contribution >= 4 is 0 Å². The molecular formula is C10H18N2O. The highest BCUT2D eigenvalue weighted by Gasteiger charge is 2.12. The Morgan fingerprint density at radius 2 is 2.15 bits per heavy atom. The molecule has 1 heterocycles. The molecular weight excluding hydrogens is 164 g/mol. The molecule has 13 heavy (non-hydrogen) atoms. The number of hydrogen-bond donors (Lipinski definition) is 2. The predicted molar refractivity (Wildman–Crippen MR) is 53.5 cm³/mol. The van der Waals surface area contributed by atoms with Crippen molar-refractivity contribution in [3.8, 4) is 0 Å². The van der Waals surface area contributed by atoms with Crippen molar-refractivity contribution in [3.05, 3.63) is 23.0 Å². The van der Waals surface area contributed by atoms with E-state index >= 15 is 0 Å². The van der Waals surface area contributed by atoms with Crippen LogP contribution in [0, 0.1) is 13.8 Å². The van der Waals surface area contributed by atoms with Crippen LogP contribution in [0.4, 0.5) is 0 Å². The van der Waals surface area contributed by atoms with Gasteiger partial charge in [-0.15, -0.1) is 0 Å². The topological polar surface area (TPSA) is 51.2 Å². The number of aromatic nitrogens is 1. The van der Waals surface area contributed by atoms with Gasteiger partial charge in [0.15, 0.2) is 0 Å². The Hall–Kier alpha value is -0.800. The van der Waals surface area contributed by atoms with E-state index < -0.39 is 0 Å². The number of rotatable bonds is 3. The average Bonchev–Trinajstić information content (AvgIpc) is 2.33. The fourth-order valence-electron chi connectivity index (χ4n) is 1.55. The molecule has 0 saturated carbocycles. The van der Waals surface area contributed by atoms with Crippen LogP contribution in [-0.2, 0) is 7.05 Å². The highest BCUT2D eigenvalue weighted by atomic mass is 16.3. The van der Waals surface area contributed by atoms with E-state index in [1.807, 2.05) is 7.05 Å². The Morgan fingerprint density at radius 1 is 1.54 bits per heavy atom. The number of nitrogens with zero attached hydrogens (tertiary/aromatic N) is 1. The fraction of sp³-hybridized carbons (Fsp3) is 0.600. The second kappa shape index (κ2) is 3.94. The Morgan fingerprint density at radius 3 is 2.54 bits per heavy atom. The SMILES string of the molecule is Cc1cc(C(N)CCO)c(C)n1C. The molecule has 0 amide bonds. The van der Waals surface area contributed by atoms with Crippen LogP contribution in [0.5, 0.6) is 0 Å². The van der Waals surface area contributed by atoms with Crippen LogP contribution < -0.4 is 5.73 Å². The first-order chi connectivity index (χ1) is 6.07. The summed E-state index contributed by atoms with van der Waals surface area (Å²) in [4.78, 5) is 0. The van der Waals surface area contributed by atoms with Gasteiger partial charge < -0.3 is 15.4 Å². The quantitative estimate of drug-likeness (QED) is 0.733. The molecule has 74 valence electrons. The van der Waals surface area contributed by atoms with Crippen LogP contribution in [0.3, 0.4) is 0 Å². The summed E-state index contributed by atoms with van der Waals surface area (Å²) in [6, 6.07) is 2.06. The van der Waals surface area contributed by atoms with Gasteiger partial charge in [0, 0.05) is 31.1 Å². The van der Waals surface area contributed by atoms with Gasteiger partial charge in [-0.3, -0.25) is 0 Å². The van der Waals surface area contributed by atoms with E-state index in [0.717, 1.165) is 5.56 Å². The van der Waals surface area contributed by atoms with Gasteiger partial charge in [0.2, 0.25) is 0 Å². The zero-order valence-electron chi connectivity index (χ0n) is 8.54. The molecule has 1 unspecified atom stereocenters. The molecule has 0 aliphatic carbocycles. The van der Waals surface area contributed by atoms with Crippen molar-refractivity contribution in [1.82, 2.24) is 4.57 Å². The number of aryl methyl sites for hydroxylation is 1. The van der Waals surface area contributed by atoms with Crippen molar-refractivity contribution in [3.63, 3.8) is 0 Å². The van der Waals surface area contributed by atoms with E-state index in [1.165, 1.54) is 11.4 Å². The largest absolute Gasteiger partial charge is 0.396 e. The van der Waals surface area contributed by atoms with Crippen molar-refractivity contribution in [2.75, 3.05) is 6.61 Å². The number of aliphatic hydroxyl groups excluding tert-OH is 1. The lowest BCUT2D eigenvalue weighted by molar-refractivity contribution is 0.276. The first kappa shape index (κ1) is 10.3. The third kappa shape index (κ3) is 1.92. The monoisotopic (exact) mass is 182 g/mol. The fourth-order valence-corrected chi connectivity index (χ4v) is 1.55. The molecule has 1 atom stereocenters. The van der Waals surface area contributed by atoms with Crippen LogP contribution in [0.25, 0.3) is 0 Å².